The number of fused-ring (bicyclic) bond motifs is 1. The lowest BCUT2D eigenvalue weighted by atomic mass is 10.1. The highest BCUT2D eigenvalue weighted by atomic mass is 32.1. The van der Waals surface area contributed by atoms with Gasteiger partial charge in [-0.15, -0.1) is 0 Å². The number of hydrogen-bond donors (Lipinski definition) is 2. The number of amides is 1. The monoisotopic (exact) mass is 415 g/mol. The number of nitriles is 1. The zero-order chi connectivity index (χ0) is 21.1. The van der Waals surface area contributed by atoms with Crippen LogP contribution >= 0.6 is 11.5 Å². The van der Waals surface area contributed by atoms with E-state index < -0.39 is 11.7 Å². The van der Waals surface area contributed by atoms with Crippen LogP contribution in [0.4, 0.5) is 10.8 Å². The molecule has 7 nitrogen and oxygen atoms in total. The lowest BCUT2D eigenvalue weighted by molar-refractivity contribution is -0.112. The number of carbonyl (C=O) groups is 2. The molecule has 148 valence electrons. The second kappa shape index (κ2) is 8.19. The summed E-state index contributed by atoms with van der Waals surface area (Å²) in [7, 11) is 0. The number of hydrogen-bond acceptors (Lipinski definition) is 6. The van der Waals surface area contributed by atoms with Gasteiger partial charge in [0.1, 0.15) is 10.8 Å². The van der Waals surface area contributed by atoms with Gasteiger partial charge in [-0.05, 0) is 54.4 Å². The average molecular weight is 415 g/mol. The van der Waals surface area contributed by atoms with Gasteiger partial charge in [0.05, 0.1) is 28.4 Å². The van der Waals surface area contributed by atoms with E-state index in [4.69, 9.17) is 0 Å². The molecule has 3 aromatic heterocycles. The second-order valence-corrected chi connectivity index (χ2v) is 7.44. The maximum absolute atomic E-state index is 12.8. The Morgan fingerprint density at radius 3 is 2.73 bits per heavy atom. The predicted molar refractivity (Wildman–Crippen MR) is 116 cm³/mol. The first-order chi connectivity index (χ1) is 14.6. The fraction of sp³-hybridized carbons (Fsp3) is 0.0909. The third-order valence-corrected chi connectivity index (χ3v) is 5.39. The number of ketones is 1. The zero-order valence-electron chi connectivity index (χ0n) is 16.0. The minimum Gasteiger partial charge on any atom is -0.367 e. The Labute approximate surface area is 176 Å². The van der Waals surface area contributed by atoms with Crippen molar-refractivity contribution in [2.45, 2.75) is 13.5 Å². The summed E-state index contributed by atoms with van der Waals surface area (Å²) < 4.78 is 5.91. The second-order valence-electron chi connectivity index (χ2n) is 6.64. The van der Waals surface area contributed by atoms with E-state index >= 15 is 0 Å². The molecular weight excluding hydrogens is 398 g/mol. The standard InChI is InChI=1S/C22H17N5O2S/c1-14-10-20(30-26-14)25-22(29)21(28)17-11-19(27-9-5-4-8-18(17)27)24-13-16-7-3-2-6-15(16)12-23/h2-11,24H,13H2,1H3,(H,25,29). The van der Waals surface area contributed by atoms with E-state index in [9.17, 15) is 14.9 Å². The van der Waals surface area contributed by atoms with Crippen molar-refractivity contribution in [1.82, 2.24) is 8.77 Å². The van der Waals surface area contributed by atoms with Crippen LogP contribution in [0.1, 0.15) is 27.2 Å². The summed E-state index contributed by atoms with van der Waals surface area (Å²) in [6.45, 7) is 2.22. The first-order valence-electron chi connectivity index (χ1n) is 9.18. The Hall–Kier alpha value is -3.96. The molecule has 3 heterocycles. The van der Waals surface area contributed by atoms with Crippen molar-refractivity contribution < 1.29 is 9.59 Å². The normalized spacial score (nSPS) is 10.5. The van der Waals surface area contributed by atoms with E-state index in [1.54, 1.807) is 24.3 Å². The van der Waals surface area contributed by atoms with E-state index in [1.807, 2.05) is 47.9 Å². The third-order valence-electron chi connectivity index (χ3n) is 4.59. The number of pyridine rings is 1. The molecule has 8 heteroatoms. The quantitative estimate of drug-likeness (QED) is 0.366. The minimum absolute atomic E-state index is 0.297. The number of nitrogens with zero attached hydrogens (tertiary/aromatic N) is 3. The summed E-state index contributed by atoms with van der Waals surface area (Å²) in [5.41, 5.74) is 3.12. The van der Waals surface area contributed by atoms with Gasteiger partial charge in [-0.3, -0.25) is 9.59 Å². The number of carbonyl (C=O) groups excluding carboxylic acids is 2. The van der Waals surface area contributed by atoms with Crippen LogP contribution in [0.15, 0.2) is 60.8 Å². The topological polar surface area (TPSA) is 99.3 Å². The number of benzene rings is 1. The first kappa shape index (κ1) is 19.4. The molecule has 0 aliphatic carbocycles. The van der Waals surface area contributed by atoms with Crippen LogP contribution in [0.3, 0.4) is 0 Å². The van der Waals surface area contributed by atoms with Crippen LogP contribution in [0.25, 0.3) is 5.52 Å². The predicted octanol–water partition coefficient (Wildman–Crippen LogP) is 4.01. The summed E-state index contributed by atoms with van der Waals surface area (Å²) in [5.74, 6) is -0.685. The number of anilines is 2. The van der Waals surface area contributed by atoms with Crippen molar-refractivity contribution in [1.29, 1.82) is 5.26 Å². The number of Topliss-reactive ketones (excluding diaryl/α,β-unsaturated/α-hetero) is 1. The van der Waals surface area contributed by atoms with Crippen LogP contribution in [-0.4, -0.2) is 20.5 Å². The van der Waals surface area contributed by atoms with E-state index in [0.29, 0.717) is 34.0 Å². The molecule has 0 aliphatic heterocycles. The van der Waals surface area contributed by atoms with Gasteiger partial charge in [-0.1, -0.05) is 24.3 Å². The maximum atomic E-state index is 12.8. The molecule has 4 aromatic rings. The Balaban J connectivity index is 1.61. The van der Waals surface area contributed by atoms with E-state index in [0.717, 1.165) is 22.8 Å². The summed E-state index contributed by atoms with van der Waals surface area (Å²) >= 11 is 1.13. The Morgan fingerprint density at radius 1 is 1.17 bits per heavy atom. The van der Waals surface area contributed by atoms with E-state index in [1.165, 1.54) is 0 Å². The first-order valence-corrected chi connectivity index (χ1v) is 9.95. The molecule has 0 saturated carbocycles. The van der Waals surface area contributed by atoms with Crippen LogP contribution in [0, 0.1) is 18.3 Å². The molecule has 4 rings (SSSR count). The van der Waals surface area contributed by atoms with Crippen LogP contribution in [0.2, 0.25) is 0 Å². The SMILES string of the molecule is Cc1cc(NC(=O)C(=O)c2cc(NCc3ccccc3C#N)n3ccccc23)sn1. The summed E-state index contributed by atoms with van der Waals surface area (Å²) in [5, 5.41) is 15.7. The molecule has 1 amide bonds. The fourth-order valence-corrected chi connectivity index (χ4v) is 3.81. The van der Waals surface area contributed by atoms with Gasteiger partial charge in [0.25, 0.3) is 11.7 Å². The van der Waals surface area contributed by atoms with Crippen LogP contribution in [-0.2, 0) is 11.3 Å². The van der Waals surface area contributed by atoms with Crippen molar-refractivity contribution in [2.24, 2.45) is 0 Å². The van der Waals surface area contributed by atoms with Crippen molar-refractivity contribution in [3.8, 4) is 6.07 Å². The summed E-state index contributed by atoms with van der Waals surface area (Å²) in [6, 6.07) is 18.3. The molecule has 0 saturated heterocycles. The highest BCUT2D eigenvalue weighted by molar-refractivity contribution is 7.10. The number of nitrogens with one attached hydrogen (secondary N) is 2. The largest absolute Gasteiger partial charge is 0.367 e. The van der Waals surface area contributed by atoms with Crippen molar-refractivity contribution in [3.63, 3.8) is 0 Å². The number of aryl methyl sites for hydroxylation is 1. The van der Waals surface area contributed by atoms with Crippen LogP contribution < -0.4 is 10.6 Å². The molecule has 0 radical (unpaired) electrons. The smallest absolute Gasteiger partial charge is 0.297 e. The van der Waals surface area contributed by atoms with E-state index in [2.05, 4.69) is 21.1 Å². The van der Waals surface area contributed by atoms with Gasteiger partial charge >= 0.3 is 0 Å². The van der Waals surface area contributed by atoms with Crippen molar-refractivity contribution >= 4 is 39.6 Å². The number of rotatable bonds is 6. The molecule has 0 atom stereocenters. The maximum Gasteiger partial charge on any atom is 0.297 e. The van der Waals surface area contributed by atoms with Crippen molar-refractivity contribution in [2.75, 3.05) is 10.6 Å². The highest BCUT2D eigenvalue weighted by Gasteiger charge is 2.22. The lowest BCUT2D eigenvalue weighted by Crippen LogP contribution is -2.22. The Bertz CT molecular complexity index is 1300. The lowest BCUT2D eigenvalue weighted by Gasteiger charge is -2.08. The molecule has 1 aromatic carbocycles. The van der Waals surface area contributed by atoms with Gasteiger partial charge in [0, 0.05) is 12.7 Å². The summed E-state index contributed by atoms with van der Waals surface area (Å²) in [6.07, 6.45) is 1.81. The molecule has 0 aliphatic rings. The molecule has 2 N–H and O–H groups in total. The van der Waals surface area contributed by atoms with Gasteiger partial charge < -0.3 is 15.0 Å². The molecule has 0 unspecified atom stereocenters. The molecule has 0 spiro atoms. The van der Waals surface area contributed by atoms with Gasteiger partial charge in [-0.2, -0.15) is 9.64 Å². The highest BCUT2D eigenvalue weighted by Crippen LogP contribution is 2.24. The van der Waals surface area contributed by atoms with Gasteiger partial charge in [0.15, 0.2) is 0 Å². The molecule has 0 fully saturated rings. The average Bonchev–Trinajstić information content (AvgIpc) is 3.35. The Morgan fingerprint density at radius 2 is 1.97 bits per heavy atom. The Kier molecular flexibility index (Phi) is 5.28. The van der Waals surface area contributed by atoms with E-state index in [-0.39, 0.29) is 0 Å². The minimum atomic E-state index is -0.712. The number of aromatic nitrogens is 2. The zero-order valence-corrected chi connectivity index (χ0v) is 16.9. The third kappa shape index (κ3) is 3.79. The van der Waals surface area contributed by atoms with Crippen molar-refractivity contribution in [3.05, 3.63) is 83.2 Å². The molecular formula is C22H17N5O2S. The molecule has 0 bridgehead atoms. The van der Waals surface area contributed by atoms with Crippen LogP contribution in [0.5, 0.6) is 0 Å². The fourth-order valence-electron chi connectivity index (χ4n) is 3.15. The van der Waals surface area contributed by atoms with Gasteiger partial charge in [0.2, 0.25) is 0 Å². The summed E-state index contributed by atoms with van der Waals surface area (Å²) in [4.78, 5) is 25.3. The van der Waals surface area contributed by atoms with Gasteiger partial charge in [-0.25, -0.2) is 0 Å². The molecule has 30 heavy (non-hydrogen) atoms.